The van der Waals surface area contributed by atoms with Gasteiger partial charge in [-0.2, -0.15) is 5.26 Å². The van der Waals surface area contributed by atoms with Crippen LogP contribution >= 0.6 is 0 Å². The van der Waals surface area contributed by atoms with Crippen molar-refractivity contribution in [3.05, 3.63) is 47.5 Å². The van der Waals surface area contributed by atoms with Gasteiger partial charge in [0.05, 0.1) is 12.6 Å². The van der Waals surface area contributed by atoms with E-state index in [-0.39, 0.29) is 71.1 Å². The molecule has 0 fully saturated rings. The number of benzene rings is 2. The Morgan fingerprint density at radius 2 is 1.49 bits per heavy atom. The van der Waals surface area contributed by atoms with Crippen molar-refractivity contribution in [1.82, 2.24) is 31.5 Å². The van der Waals surface area contributed by atoms with E-state index in [2.05, 4.69) is 33.5 Å². The summed E-state index contributed by atoms with van der Waals surface area (Å²) in [6.07, 6.45) is 7.61. The second-order valence-corrected chi connectivity index (χ2v) is 14.9. The van der Waals surface area contributed by atoms with Crippen LogP contribution in [0, 0.1) is 11.3 Å². The van der Waals surface area contributed by atoms with Crippen molar-refractivity contribution < 1.29 is 38.2 Å². The van der Waals surface area contributed by atoms with Gasteiger partial charge in [-0.15, -0.1) is 0 Å². The fourth-order valence-electron chi connectivity index (χ4n) is 6.88. The maximum absolute atomic E-state index is 14.4. The highest BCUT2D eigenvalue weighted by Gasteiger charge is 2.36. The number of unbranched alkanes of at least 4 members (excludes halogenated alkanes) is 6. The van der Waals surface area contributed by atoms with Gasteiger partial charge in [-0.25, -0.2) is 0 Å². The van der Waals surface area contributed by atoms with Gasteiger partial charge < -0.3 is 58.2 Å². The molecular formula is C43H64N10O8. The maximum atomic E-state index is 14.4. The molecule has 4 atom stereocenters. The first-order chi connectivity index (χ1) is 29.4. The van der Waals surface area contributed by atoms with Crippen LogP contribution in [0.3, 0.4) is 0 Å². The van der Waals surface area contributed by atoms with E-state index in [9.17, 15) is 28.8 Å². The van der Waals surface area contributed by atoms with Crippen LogP contribution in [0.1, 0.15) is 88.8 Å². The molecule has 11 N–H and O–H groups in total. The Bertz CT molecular complexity index is 1840. The molecule has 2 aromatic rings. The van der Waals surface area contributed by atoms with Crippen LogP contribution in [0.25, 0.3) is 11.1 Å². The molecule has 0 saturated carbocycles. The fourth-order valence-corrected chi connectivity index (χ4v) is 6.88. The molecule has 0 radical (unpaired) electrons. The molecule has 0 aliphatic carbocycles. The molecule has 3 rings (SSSR count). The molecule has 18 nitrogen and oxygen atoms in total. The average molecular weight is 849 g/mol. The normalized spacial score (nSPS) is 16.7. The average Bonchev–Trinajstić information content (AvgIpc) is 3.25. The number of nitriles is 1. The summed E-state index contributed by atoms with van der Waals surface area (Å²) >= 11 is 0. The lowest BCUT2D eigenvalue weighted by Crippen LogP contribution is -2.56. The third kappa shape index (κ3) is 15.6. The Morgan fingerprint density at radius 1 is 0.852 bits per heavy atom. The summed E-state index contributed by atoms with van der Waals surface area (Å²) in [7, 11) is 1.39. The predicted octanol–water partition coefficient (Wildman–Crippen LogP) is 0.804. The lowest BCUT2D eigenvalue weighted by Gasteiger charge is -2.32. The number of carbonyl (C=O) groups is 6. The van der Waals surface area contributed by atoms with E-state index in [1.54, 1.807) is 36.4 Å². The maximum Gasteiger partial charge on any atom is 0.248 e. The van der Waals surface area contributed by atoms with Gasteiger partial charge in [0.2, 0.25) is 35.4 Å². The Morgan fingerprint density at radius 3 is 2.13 bits per heavy atom. The number of nitrogens with two attached hydrogens (primary N) is 3. The number of nitrogens with one attached hydrogen (secondary N) is 5. The van der Waals surface area contributed by atoms with E-state index in [1.807, 2.05) is 6.07 Å². The summed E-state index contributed by atoms with van der Waals surface area (Å²) in [4.78, 5) is 82.4. The summed E-state index contributed by atoms with van der Waals surface area (Å²) in [5, 5.41) is 22.3. The number of hydrogen-bond acceptors (Lipinski definition) is 12. The topological polar surface area (TPSA) is 286 Å². The molecule has 0 unspecified atom stereocenters. The highest BCUT2D eigenvalue weighted by atomic mass is 16.5. The zero-order valence-corrected chi connectivity index (χ0v) is 35.7. The van der Waals surface area contributed by atoms with E-state index < -0.39 is 53.7 Å². The van der Waals surface area contributed by atoms with Crippen molar-refractivity contribution in [2.75, 3.05) is 53.0 Å². The molecule has 0 aromatic heterocycles. The minimum atomic E-state index is -1.39. The number of carbonyl (C=O) groups excluding carboxylic acids is 6. The van der Waals surface area contributed by atoms with E-state index in [0.29, 0.717) is 40.2 Å². The highest BCUT2D eigenvalue weighted by molar-refractivity contribution is 5.96. The third-order valence-electron chi connectivity index (χ3n) is 10.1. The van der Waals surface area contributed by atoms with Gasteiger partial charge in [0, 0.05) is 44.1 Å². The van der Waals surface area contributed by atoms with Crippen molar-refractivity contribution >= 4 is 35.4 Å². The lowest BCUT2D eigenvalue weighted by atomic mass is 9.93. The summed E-state index contributed by atoms with van der Waals surface area (Å²) in [6, 6.07) is 7.01. The Labute approximate surface area is 358 Å². The molecule has 2 aromatic carbocycles. The quantitative estimate of drug-likeness (QED) is 0.0570. The van der Waals surface area contributed by atoms with E-state index in [0.717, 1.165) is 30.6 Å². The minimum Gasteiger partial charge on any atom is -0.492 e. The SMILES string of the molecule is CCCCCCCCCC(=O)NCC(=O)N[C@@H](CCN)C(=O)N(C)[C@@H]1C(=O)N[C@@H](C)C(=O)N[C@H](C(=O)NCC#N)Cc2ccc(OCCN)c(c2)-c2cc1ccc2OCCN. The molecule has 18 heteroatoms. The number of fused-ring (bicyclic) bond motifs is 5. The minimum absolute atomic E-state index is 0.00348. The molecule has 0 spiro atoms. The molecule has 61 heavy (non-hydrogen) atoms. The largest absolute Gasteiger partial charge is 0.492 e. The molecule has 0 saturated heterocycles. The zero-order valence-electron chi connectivity index (χ0n) is 35.7. The third-order valence-corrected chi connectivity index (χ3v) is 10.1. The number of rotatable bonds is 23. The van der Waals surface area contributed by atoms with Crippen LogP contribution in [-0.2, 0) is 35.2 Å². The zero-order chi connectivity index (χ0) is 44.7. The van der Waals surface area contributed by atoms with Crippen LogP contribution in [0.5, 0.6) is 11.5 Å². The van der Waals surface area contributed by atoms with Crippen LogP contribution < -0.4 is 53.3 Å². The van der Waals surface area contributed by atoms with Crippen molar-refractivity contribution in [2.45, 2.75) is 102 Å². The van der Waals surface area contributed by atoms with Gasteiger partial charge in [-0.05, 0) is 61.7 Å². The van der Waals surface area contributed by atoms with Crippen LogP contribution in [0.15, 0.2) is 36.4 Å². The lowest BCUT2D eigenvalue weighted by molar-refractivity contribution is -0.143. The van der Waals surface area contributed by atoms with Crippen molar-refractivity contribution in [3.8, 4) is 28.7 Å². The second-order valence-electron chi connectivity index (χ2n) is 14.9. The van der Waals surface area contributed by atoms with Gasteiger partial charge >= 0.3 is 0 Å². The summed E-state index contributed by atoms with van der Waals surface area (Å²) in [5.41, 5.74) is 19.4. The first-order valence-corrected chi connectivity index (χ1v) is 21.1. The summed E-state index contributed by atoms with van der Waals surface area (Å²) < 4.78 is 12.1. The van der Waals surface area contributed by atoms with E-state index in [1.165, 1.54) is 26.8 Å². The van der Waals surface area contributed by atoms with Crippen molar-refractivity contribution in [1.29, 1.82) is 5.26 Å². The fraction of sp³-hybridized carbons (Fsp3) is 0.558. The van der Waals surface area contributed by atoms with Gasteiger partial charge in [0.1, 0.15) is 55.4 Å². The van der Waals surface area contributed by atoms with Gasteiger partial charge in [-0.3, -0.25) is 28.8 Å². The van der Waals surface area contributed by atoms with Gasteiger partial charge in [0.15, 0.2) is 0 Å². The predicted molar refractivity (Wildman–Crippen MR) is 230 cm³/mol. The highest BCUT2D eigenvalue weighted by Crippen LogP contribution is 2.40. The smallest absolute Gasteiger partial charge is 0.248 e. The standard InChI is InChI=1S/C43H64N10O8/c1-4-5-6-7-8-9-10-11-37(54)49-27-38(55)51-33(16-17-44)43(59)53(3)39-30-13-15-36(61-23-20-47)32(26-30)31-24-29(12-14-35(31)60-22-19-46)25-34(41(57)48-21-18-45)52-40(56)28(2)50-42(39)58/h12-15,24,26,28,33-34,39H,4-11,16-17,19-23,25,27,44,46-47H2,1-3H3,(H,48,57)(H,49,54)(H,50,58)(H,51,55)(H,52,56)/t28-,33-,34-,39-/m0/s1. The van der Waals surface area contributed by atoms with E-state index >= 15 is 0 Å². The first-order valence-electron chi connectivity index (χ1n) is 21.1. The molecule has 1 aliphatic heterocycles. The molecule has 6 amide bonds. The monoisotopic (exact) mass is 848 g/mol. The molecule has 1 aliphatic rings. The Balaban J connectivity index is 2.03. The summed E-state index contributed by atoms with van der Waals surface area (Å²) in [5.74, 6) is -2.87. The van der Waals surface area contributed by atoms with Crippen LogP contribution in [0.2, 0.25) is 0 Å². The number of likely N-dealkylation sites (N-methyl/N-ethyl adjacent to an activating group) is 1. The van der Waals surface area contributed by atoms with Crippen molar-refractivity contribution in [2.24, 2.45) is 17.2 Å². The first kappa shape index (κ1) is 49.6. The second kappa shape index (κ2) is 26.4. The summed E-state index contributed by atoms with van der Waals surface area (Å²) in [6.45, 7) is 3.60. The molecule has 1 heterocycles. The number of ether oxygens (including phenoxy) is 2. The Kier molecular flexibility index (Phi) is 21.5. The van der Waals surface area contributed by atoms with Gasteiger partial charge in [-0.1, -0.05) is 57.6 Å². The van der Waals surface area contributed by atoms with E-state index in [4.69, 9.17) is 31.9 Å². The Hall–Kier alpha value is -5.77. The van der Waals surface area contributed by atoms with Crippen LogP contribution in [-0.4, -0.2) is 111 Å². The number of amides is 6. The van der Waals surface area contributed by atoms with Crippen LogP contribution in [0.4, 0.5) is 0 Å². The molecule has 334 valence electrons. The molecule has 4 bridgehead atoms. The van der Waals surface area contributed by atoms with Crippen molar-refractivity contribution in [3.63, 3.8) is 0 Å². The van der Waals surface area contributed by atoms with Gasteiger partial charge in [0.25, 0.3) is 0 Å². The molecular weight excluding hydrogens is 785 g/mol. The number of nitrogens with zero attached hydrogens (tertiary/aromatic N) is 2. The number of hydrogen-bond donors (Lipinski definition) is 8.